The molecule has 0 unspecified atom stereocenters. The fourth-order valence-corrected chi connectivity index (χ4v) is 1.31. The maximum atomic E-state index is 12.9. The molecule has 84 valence electrons. The first-order valence-electron chi connectivity index (χ1n) is 3.76. The Morgan fingerprint density at radius 3 is 2.40 bits per heavy atom. The lowest BCUT2D eigenvalue weighted by molar-refractivity contribution is -0.140. The Morgan fingerprint density at radius 2 is 1.93 bits per heavy atom. The fraction of sp³-hybridized carbons (Fsp3) is 0.250. The van der Waals surface area contributed by atoms with Gasteiger partial charge in [0.2, 0.25) is 0 Å². The zero-order valence-electron chi connectivity index (χ0n) is 7.24. The van der Waals surface area contributed by atoms with E-state index in [1.54, 1.807) is 0 Å². The third-order valence-corrected chi connectivity index (χ3v) is 1.95. The van der Waals surface area contributed by atoms with Crippen LogP contribution in [0, 0.1) is 5.82 Å². The van der Waals surface area contributed by atoms with Crippen molar-refractivity contribution < 1.29 is 22.3 Å². The summed E-state index contributed by atoms with van der Waals surface area (Å²) in [6, 6.07) is 1.61. The third kappa shape index (κ3) is 2.51. The van der Waals surface area contributed by atoms with Crippen molar-refractivity contribution in [2.75, 3.05) is 6.73 Å². The number of rotatable bonds is 2. The van der Waals surface area contributed by atoms with Gasteiger partial charge in [0.1, 0.15) is 23.9 Å². The lowest BCUT2D eigenvalue weighted by atomic mass is 10.2. The molecule has 0 saturated heterocycles. The van der Waals surface area contributed by atoms with Gasteiger partial charge in [-0.3, -0.25) is 5.73 Å². The summed E-state index contributed by atoms with van der Waals surface area (Å²) < 4.78 is 54.4. The molecule has 1 rings (SSSR count). The minimum atomic E-state index is -4.87. The first-order chi connectivity index (χ1) is 6.88. The van der Waals surface area contributed by atoms with Crippen LogP contribution in [-0.4, -0.2) is 6.73 Å². The number of halogens is 5. The van der Waals surface area contributed by atoms with E-state index in [9.17, 15) is 17.6 Å². The van der Waals surface area contributed by atoms with Crippen LogP contribution in [0.3, 0.4) is 0 Å². The molecule has 7 heteroatoms. The van der Waals surface area contributed by atoms with Crippen molar-refractivity contribution in [2.45, 2.75) is 6.18 Å². The molecule has 1 aromatic carbocycles. The second kappa shape index (κ2) is 4.24. The lowest BCUT2D eigenvalue weighted by Crippen LogP contribution is -2.12. The largest absolute Gasteiger partial charge is 0.477 e. The number of alkyl halides is 3. The lowest BCUT2D eigenvalue weighted by Gasteiger charge is -2.13. The van der Waals surface area contributed by atoms with Gasteiger partial charge >= 0.3 is 6.18 Å². The molecule has 0 amide bonds. The Labute approximate surface area is 87.6 Å². The summed E-state index contributed by atoms with van der Waals surface area (Å²) in [6.45, 7) is -0.345. The predicted molar refractivity (Wildman–Crippen MR) is 46.1 cm³/mol. The van der Waals surface area contributed by atoms with Gasteiger partial charge in [0, 0.05) is 0 Å². The smallest absolute Gasteiger partial charge is 0.420 e. The van der Waals surface area contributed by atoms with Crippen molar-refractivity contribution in [3.05, 3.63) is 28.5 Å². The average molecular weight is 244 g/mol. The number of nitrogens with two attached hydrogens (primary N) is 1. The van der Waals surface area contributed by atoms with Gasteiger partial charge < -0.3 is 4.74 Å². The van der Waals surface area contributed by atoms with Gasteiger partial charge in [0.25, 0.3) is 0 Å². The van der Waals surface area contributed by atoms with Crippen LogP contribution in [0.2, 0.25) is 5.02 Å². The van der Waals surface area contributed by atoms with E-state index in [1.165, 1.54) is 0 Å². The summed E-state index contributed by atoms with van der Waals surface area (Å²) in [5, 5.41) is -0.826. The normalized spacial score (nSPS) is 11.6. The molecule has 0 aliphatic heterocycles. The Kier molecular flexibility index (Phi) is 3.41. The second-order valence-corrected chi connectivity index (χ2v) is 2.92. The minimum Gasteiger partial charge on any atom is -0.477 e. The van der Waals surface area contributed by atoms with Gasteiger partial charge in [-0.15, -0.1) is 0 Å². The Morgan fingerprint density at radius 1 is 1.33 bits per heavy atom. The predicted octanol–water partition coefficient (Wildman–Crippen LogP) is 2.79. The second-order valence-electron chi connectivity index (χ2n) is 2.54. The van der Waals surface area contributed by atoms with E-state index in [-0.39, 0.29) is 12.5 Å². The topological polar surface area (TPSA) is 35.2 Å². The van der Waals surface area contributed by atoms with Crippen LogP contribution in [0.25, 0.3) is 0 Å². The van der Waals surface area contributed by atoms with Crippen LogP contribution in [-0.2, 0) is 6.18 Å². The number of ether oxygens (including phenoxy) is 1. The zero-order valence-corrected chi connectivity index (χ0v) is 7.99. The molecule has 0 fully saturated rings. The Balaban J connectivity index is 3.30. The Bertz CT molecular complexity index is 366. The molecular weight excluding hydrogens is 238 g/mol. The summed E-state index contributed by atoms with van der Waals surface area (Å²) in [5.41, 5.74) is 3.42. The van der Waals surface area contributed by atoms with Crippen LogP contribution in [0.4, 0.5) is 17.6 Å². The highest BCUT2D eigenvalue weighted by Crippen LogP contribution is 2.40. The fourth-order valence-electron chi connectivity index (χ4n) is 0.994. The molecule has 1 aromatic rings. The molecule has 0 spiro atoms. The highest BCUT2D eigenvalue weighted by molar-refractivity contribution is 6.32. The third-order valence-electron chi connectivity index (χ3n) is 1.58. The molecule has 0 heterocycles. The molecule has 0 bridgehead atoms. The standard InChI is InChI=1S/C8H6ClF4NO/c9-7-5(15-3-14)2-1-4(10)6(7)8(11,12)13/h1-2H,3,14H2. The van der Waals surface area contributed by atoms with Crippen LogP contribution in [0.5, 0.6) is 5.75 Å². The van der Waals surface area contributed by atoms with Crippen LogP contribution < -0.4 is 10.5 Å². The summed E-state index contributed by atoms with van der Waals surface area (Å²) >= 11 is 5.34. The van der Waals surface area contributed by atoms with Crippen molar-refractivity contribution in [1.82, 2.24) is 0 Å². The maximum Gasteiger partial charge on any atom is 0.420 e. The van der Waals surface area contributed by atoms with Gasteiger partial charge in [0.05, 0.1) is 5.02 Å². The first kappa shape index (κ1) is 12.1. The molecule has 2 N–H and O–H groups in total. The molecule has 0 radical (unpaired) electrons. The van der Waals surface area contributed by atoms with E-state index in [4.69, 9.17) is 17.3 Å². The van der Waals surface area contributed by atoms with E-state index in [0.29, 0.717) is 6.07 Å². The SMILES string of the molecule is NCOc1ccc(F)c(C(F)(F)F)c1Cl. The molecular formula is C8H6ClF4NO. The van der Waals surface area contributed by atoms with Crippen LogP contribution in [0.1, 0.15) is 5.56 Å². The van der Waals surface area contributed by atoms with Crippen molar-refractivity contribution in [3.8, 4) is 5.75 Å². The van der Waals surface area contributed by atoms with Gasteiger partial charge in [-0.25, -0.2) is 4.39 Å². The zero-order chi connectivity index (χ0) is 11.6. The van der Waals surface area contributed by atoms with Crippen molar-refractivity contribution >= 4 is 11.6 Å². The van der Waals surface area contributed by atoms with Gasteiger partial charge in [-0.2, -0.15) is 13.2 Å². The molecule has 0 aliphatic rings. The maximum absolute atomic E-state index is 12.9. The molecule has 0 saturated carbocycles. The van der Waals surface area contributed by atoms with Gasteiger partial charge in [0.15, 0.2) is 0 Å². The average Bonchev–Trinajstić information content (AvgIpc) is 2.08. The summed E-state index contributed by atoms with van der Waals surface area (Å²) in [5.74, 6) is -1.75. The van der Waals surface area contributed by atoms with E-state index in [2.05, 4.69) is 4.74 Å². The quantitative estimate of drug-likeness (QED) is 0.640. The van der Waals surface area contributed by atoms with Crippen molar-refractivity contribution in [3.63, 3.8) is 0 Å². The number of hydrogen-bond acceptors (Lipinski definition) is 2. The molecule has 15 heavy (non-hydrogen) atoms. The molecule has 2 nitrogen and oxygen atoms in total. The monoisotopic (exact) mass is 243 g/mol. The first-order valence-corrected chi connectivity index (χ1v) is 4.13. The Hall–Kier alpha value is -1.01. The molecule has 0 aromatic heterocycles. The van der Waals surface area contributed by atoms with E-state index < -0.39 is 22.6 Å². The van der Waals surface area contributed by atoms with Crippen LogP contribution in [0.15, 0.2) is 12.1 Å². The highest BCUT2D eigenvalue weighted by atomic mass is 35.5. The van der Waals surface area contributed by atoms with E-state index in [0.717, 1.165) is 6.07 Å². The molecule has 0 aliphatic carbocycles. The van der Waals surface area contributed by atoms with Crippen LogP contribution >= 0.6 is 11.6 Å². The minimum absolute atomic E-state index is 0.298. The summed E-state index contributed by atoms with van der Waals surface area (Å²) in [6.07, 6.45) is -4.87. The van der Waals surface area contributed by atoms with Crippen molar-refractivity contribution in [1.29, 1.82) is 0 Å². The van der Waals surface area contributed by atoms with Gasteiger partial charge in [-0.05, 0) is 12.1 Å². The molecule has 0 atom stereocenters. The number of benzene rings is 1. The summed E-state index contributed by atoms with van der Waals surface area (Å²) in [4.78, 5) is 0. The van der Waals surface area contributed by atoms with E-state index >= 15 is 0 Å². The van der Waals surface area contributed by atoms with Gasteiger partial charge in [-0.1, -0.05) is 11.6 Å². The van der Waals surface area contributed by atoms with Crippen molar-refractivity contribution in [2.24, 2.45) is 5.73 Å². The summed E-state index contributed by atoms with van der Waals surface area (Å²) in [7, 11) is 0. The highest BCUT2D eigenvalue weighted by Gasteiger charge is 2.38. The number of hydrogen-bond donors (Lipinski definition) is 1. The van der Waals surface area contributed by atoms with E-state index in [1.807, 2.05) is 0 Å².